The van der Waals surface area contributed by atoms with Crippen molar-refractivity contribution in [2.24, 2.45) is 0 Å². The minimum Gasteiger partial charge on any atom is -0.423 e. The van der Waals surface area contributed by atoms with Crippen LogP contribution in [0, 0.1) is 0 Å². The third-order valence-electron chi connectivity index (χ3n) is 3.17. The number of hydrogen-bond donors (Lipinski definition) is 1. The molecule has 0 amide bonds. The van der Waals surface area contributed by atoms with Crippen molar-refractivity contribution in [1.82, 2.24) is 4.98 Å². The van der Waals surface area contributed by atoms with Crippen molar-refractivity contribution < 1.29 is 9.15 Å². The molecule has 3 rings (SSSR count). The summed E-state index contributed by atoms with van der Waals surface area (Å²) in [6.45, 7) is 1.49. The van der Waals surface area contributed by atoms with Gasteiger partial charge >= 0.3 is 0 Å². The first kappa shape index (κ1) is 11.3. The molecule has 1 aliphatic rings. The van der Waals surface area contributed by atoms with Crippen molar-refractivity contribution in [3.05, 3.63) is 18.2 Å². The van der Waals surface area contributed by atoms with Gasteiger partial charge in [-0.1, -0.05) is 0 Å². The van der Waals surface area contributed by atoms with E-state index in [1.165, 1.54) is 12.8 Å². The molecule has 1 aromatic carbocycles. The molecule has 0 saturated heterocycles. The largest absolute Gasteiger partial charge is 0.423 e. The molecule has 2 N–H and O–H groups in total. The fourth-order valence-electron chi connectivity index (χ4n) is 2.07. The number of rotatable bonds is 5. The van der Waals surface area contributed by atoms with Crippen LogP contribution in [-0.4, -0.2) is 31.3 Å². The van der Waals surface area contributed by atoms with E-state index in [1.807, 2.05) is 18.2 Å². The Morgan fingerprint density at radius 3 is 3.06 bits per heavy atom. The maximum Gasteiger partial charge on any atom is 0.298 e. The van der Waals surface area contributed by atoms with E-state index in [2.05, 4.69) is 9.88 Å². The summed E-state index contributed by atoms with van der Waals surface area (Å²) in [5.41, 5.74) is 8.04. The van der Waals surface area contributed by atoms with E-state index in [1.54, 1.807) is 7.11 Å². The molecule has 0 aliphatic heterocycles. The molecule has 1 heterocycles. The van der Waals surface area contributed by atoms with Gasteiger partial charge in [0.1, 0.15) is 5.52 Å². The number of ether oxygens (including phenoxy) is 1. The number of anilines is 2. The number of methoxy groups -OCH3 is 1. The molecule has 2 aromatic rings. The zero-order chi connectivity index (χ0) is 12.5. The lowest BCUT2D eigenvalue weighted by Gasteiger charge is -2.19. The van der Waals surface area contributed by atoms with Gasteiger partial charge in [0.2, 0.25) is 0 Å². The second-order valence-corrected chi connectivity index (χ2v) is 4.64. The van der Waals surface area contributed by atoms with E-state index in [4.69, 9.17) is 14.9 Å². The molecule has 0 spiro atoms. The van der Waals surface area contributed by atoms with Gasteiger partial charge in [-0.3, -0.25) is 0 Å². The summed E-state index contributed by atoms with van der Waals surface area (Å²) >= 11 is 0. The smallest absolute Gasteiger partial charge is 0.298 e. The fourth-order valence-corrected chi connectivity index (χ4v) is 2.07. The van der Waals surface area contributed by atoms with Crippen LogP contribution in [0.1, 0.15) is 12.8 Å². The van der Waals surface area contributed by atoms with E-state index in [9.17, 15) is 0 Å². The van der Waals surface area contributed by atoms with E-state index in [-0.39, 0.29) is 0 Å². The lowest BCUT2D eigenvalue weighted by molar-refractivity contribution is 0.203. The van der Waals surface area contributed by atoms with Crippen LogP contribution >= 0.6 is 0 Å². The molecule has 0 bridgehead atoms. The maximum absolute atomic E-state index is 5.79. The summed E-state index contributed by atoms with van der Waals surface area (Å²) in [6.07, 6.45) is 2.40. The second-order valence-electron chi connectivity index (χ2n) is 4.64. The first-order valence-electron chi connectivity index (χ1n) is 6.19. The third kappa shape index (κ3) is 2.13. The Morgan fingerprint density at radius 1 is 1.50 bits per heavy atom. The normalized spacial score (nSPS) is 15.2. The van der Waals surface area contributed by atoms with Crippen LogP contribution in [0.25, 0.3) is 11.1 Å². The van der Waals surface area contributed by atoms with E-state index >= 15 is 0 Å². The highest BCUT2D eigenvalue weighted by atomic mass is 16.5. The molecule has 18 heavy (non-hydrogen) atoms. The van der Waals surface area contributed by atoms with Gasteiger partial charge in [0.15, 0.2) is 5.58 Å². The van der Waals surface area contributed by atoms with Gasteiger partial charge in [-0.15, -0.1) is 0 Å². The molecule has 96 valence electrons. The van der Waals surface area contributed by atoms with Crippen molar-refractivity contribution in [2.75, 3.05) is 30.9 Å². The van der Waals surface area contributed by atoms with Crippen LogP contribution in [0.3, 0.4) is 0 Å². The van der Waals surface area contributed by atoms with Crippen LogP contribution in [0.5, 0.6) is 0 Å². The Labute approximate surface area is 106 Å². The van der Waals surface area contributed by atoms with Crippen LogP contribution < -0.4 is 10.6 Å². The molecule has 0 radical (unpaired) electrons. The summed E-state index contributed by atoms with van der Waals surface area (Å²) in [7, 11) is 1.71. The third-order valence-corrected chi connectivity index (χ3v) is 3.17. The number of benzene rings is 1. The van der Waals surface area contributed by atoms with Gasteiger partial charge in [-0.05, 0) is 31.0 Å². The van der Waals surface area contributed by atoms with Gasteiger partial charge in [0, 0.05) is 25.4 Å². The Bertz CT molecular complexity index is 548. The molecule has 1 aromatic heterocycles. The fraction of sp³-hybridized carbons (Fsp3) is 0.462. The average molecular weight is 247 g/mol. The van der Waals surface area contributed by atoms with Crippen molar-refractivity contribution in [1.29, 1.82) is 0 Å². The van der Waals surface area contributed by atoms with Crippen molar-refractivity contribution >= 4 is 22.8 Å². The van der Waals surface area contributed by atoms with Gasteiger partial charge in [0.25, 0.3) is 6.01 Å². The minimum absolute atomic E-state index is 0.547. The first-order chi connectivity index (χ1) is 8.78. The molecule has 5 nitrogen and oxygen atoms in total. The predicted molar refractivity (Wildman–Crippen MR) is 70.7 cm³/mol. The Balaban J connectivity index is 1.90. The SMILES string of the molecule is COCCN(c1nc2cc(N)ccc2o1)C1CC1. The van der Waals surface area contributed by atoms with E-state index < -0.39 is 0 Å². The van der Waals surface area contributed by atoms with E-state index in [0.29, 0.717) is 24.4 Å². The van der Waals surface area contributed by atoms with E-state index in [0.717, 1.165) is 17.6 Å². The summed E-state index contributed by atoms with van der Waals surface area (Å²) < 4.78 is 10.9. The molecule has 1 aliphatic carbocycles. The molecule has 0 unspecified atom stereocenters. The number of hydrogen-bond acceptors (Lipinski definition) is 5. The van der Waals surface area contributed by atoms with Crippen molar-refractivity contribution in [3.63, 3.8) is 0 Å². The number of nitrogens with zero attached hydrogens (tertiary/aromatic N) is 2. The number of nitrogen functional groups attached to an aromatic ring is 1. The number of fused-ring (bicyclic) bond motifs is 1. The van der Waals surface area contributed by atoms with Gasteiger partial charge in [0.05, 0.1) is 6.61 Å². The van der Waals surface area contributed by atoms with Gasteiger partial charge < -0.3 is 19.8 Å². The van der Waals surface area contributed by atoms with Crippen LogP contribution in [0.15, 0.2) is 22.6 Å². The first-order valence-corrected chi connectivity index (χ1v) is 6.19. The predicted octanol–water partition coefficient (Wildman–Crippen LogP) is 2.03. The zero-order valence-electron chi connectivity index (χ0n) is 10.4. The minimum atomic E-state index is 0.547. The maximum atomic E-state index is 5.79. The molecule has 5 heteroatoms. The summed E-state index contributed by atoms with van der Waals surface area (Å²) in [4.78, 5) is 6.69. The lowest BCUT2D eigenvalue weighted by Crippen LogP contribution is -2.29. The lowest BCUT2D eigenvalue weighted by atomic mass is 10.3. The van der Waals surface area contributed by atoms with Crippen LogP contribution in [-0.2, 0) is 4.74 Å². The monoisotopic (exact) mass is 247 g/mol. The molecular weight excluding hydrogens is 230 g/mol. The Hall–Kier alpha value is -1.75. The Morgan fingerprint density at radius 2 is 2.33 bits per heavy atom. The molecule has 1 saturated carbocycles. The standard InChI is InChI=1S/C13H17N3O2/c1-17-7-6-16(10-3-4-10)13-15-11-8-9(14)2-5-12(11)18-13/h2,5,8,10H,3-4,6-7,14H2,1H3. The second kappa shape index (κ2) is 4.49. The van der Waals surface area contributed by atoms with Gasteiger partial charge in [-0.2, -0.15) is 4.98 Å². The van der Waals surface area contributed by atoms with Crippen molar-refractivity contribution in [2.45, 2.75) is 18.9 Å². The van der Waals surface area contributed by atoms with Crippen molar-refractivity contribution in [3.8, 4) is 0 Å². The average Bonchev–Trinajstić information content (AvgIpc) is 3.10. The highest BCUT2D eigenvalue weighted by Gasteiger charge is 2.31. The summed E-state index contributed by atoms with van der Waals surface area (Å²) in [6, 6.07) is 6.75. The topological polar surface area (TPSA) is 64.5 Å². The summed E-state index contributed by atoms with van der Waals surface area (Å²) in [5, 5.41) is 0. The molecule has 0 atom stereocenters. The highest BCUT2D eigenvalue weighted by Crippen LogP contribution is 2.33. The highest BCUT2D eigenvalue weighted by molar-refractivity contribution is 5.78. The number of oxazole rings is 1. The number of aromatic nitrogens is 1. The van der Waals surface area contributed by atoms with Crippen LogP contribution in [0.2, 0.25) is 0 Å². The number of nitrogens with two attached hydrogens (primary N) is 1. The molecule has 1 fully saturated rings. The molecular formula is C13H17N3O2. The van der Waals surface area contributed by atoms with Gasteiger partial charge in [-0.25, -0.2) is 0 Å². The zero-order valence-corrected chi connectivity index (χ0v) is 10.4. The summed E-state index contributed by atoms with van der Waals surface area (Å²) in [5.74, 6) is 0. The quantitative estimate of drug-likeness (QED) is 0.819. The Kier molecular flexibility index (Phi) is 2.83. The van der Waals surface area contributed by atoms with Crippen LogP contribution in [0.4, 0.5) is 11.7 Å².